The topological polar surface area (TPSA) is 56.8 Å². The number of rotatable bonds is 2. The number of carbonyl (C=O) groups is 1. The number of halogens is 3. The fourth-order valence-electron chi connectivity index (χ4n) is 2.59. The molecule has 1 aromatic rings. The standard InChI is InChI=1S/C13H15F3N4O2/c14-13(15,16)22-11-3-1-9(2-4-11)20-12(21)19-6-5-17-7-10(19)8-18-20/h1-4,10,17-18H,5-8H2/t10-/m0/s1. The third-order valence-corrected chi connectivity index (χ3v) is 3.60. The van der Waals surface area contributed by atoms with E-state index >= 15 is 0 Å². The molecule has 120 valence electrons. The van der Waals surface area contributed by atoms with Crippen LogP contribution in [-0.4, -0.2) is 49.5 Å². The number of nitrogens with one attached hydrogen (secondary N) is 2. The van der Waals surface area contributed by atoms with Gasteiger partial charge < -0.3 is 15.0 Å². The van der Waals surface area contributed by atoms with Gasteiger partial charge in [0.2, 0.25) is 0 Å². The first-order valence-corrected chi connectivity index (χ1v) is 6.85. The summed E-state index contributed by atoms with van der Waals surface area (Å²) in [6, 6.07) is 5.07. The number of anilines is 1. The number of alkyl halides is 3. The van der Waals surface area contributed by atoms with Gasteiger partial charge in [-0.1, -0.05) is 0 Å². The summed E-state index contributed by atoms with van der Waals surface area (Å²) in [5, 5.41) is 4.56. The molecule has 22 heavy (non-hydrogen) atoms. The number of piperazine rings is 1. The number of ether oxygens (including phenoxy) is 1. The summed E-state index contributed by atoms with van der Waals surface area (Å²) in [6.07, 6.45) is -4.73. The molecule has 2 N–H and O–H groups in total. The van der Waals surface area contributed by atoms with Gasteiger partial charge in [-0.15, -0.1) is 13.2 Å². The minimum Gasteiger partial charge on any atom is -0.406 e. The predicted octanol–water partition coefficient (Wildman–Crippen LogP) is 1.30. The van der Waals surface area contributed by atoms with Crippen LogP contribution in [0.25, 0.3) is 0 Å². The lowest BCUT2D eigenvalue weighted by atomic mass is 10.2. The molecule has 2 amide bonds. The molecular weight excluding hydrogens is 301 g/mol. The van der Waals surface area contributed by atoms with E-state index in [0.717, 1.165) is 13.1 Å². The van der Waals surface area contributed by atoms with Crippen molar-refractivity contribution in [3.8, 4) is 5.75 Å². The van der Waals surface area contributed by atoms with Crippen LogP contribution in [0.15, 0.2) is 24.3 Å². The van der Waals surface area contributed by atoms with Gasteiger partial charge in [0.05, 0.1) is 11.7 Å². The van der Waals surface area contributed by atoms with Gasteiger partial charge in [0.25, 0.3) is 0 Å². The molecule has 0 saturated carbocycles. The van der Waals surface area contributed by atoms with E-state index in [2.05, 4.69) is 15.5 Å². The molecule has 2 heterocycles. The molecule has 9 heteroatoms. The Morgan fingerprint density at radius 1 is 1.18 bits per heavy atom. The Morgan fingerprint density at radius 2 is 1.91 bits per heavy atom. The van der Waals surface area contributed by atoms with Crippen LogP contribution in [0.2, 0.25) is 0 Å². The van der Waals surface area contributed by atoms with Gasteiger partial charge in [-0.2, -0.15) is 0 Å². The summed E-state index contributed by atoms with van der Waals surface area (Å²) in [4.78, 5) is 14.2. The molecule has 1 aromatic carbocycles. The molecule has 0 aliphatic carbocycles. The molecule has 2 aliphatic heterocycles. The predicted molar refractivity (Wildman–Crippen MR) is 72.4 cm³/mol. The average Bonchev–Trinajstić information content (AvgIpc) is 2.47. The summed E-state index contributed by atoms with van der Waals surface area (Å²) < 4.78 is 40.2. The number of fused-ring (bicyclic) bond motifs is 1. The highest BCUT2D eigenvalue weighted by atomic mass is 19.4. The Morgan fingerprint density at radius 3 is 2.59 bits per heavy atom. The maximum absolute atomic E-state index is 12.4. The Balaban J connectivity index is 1.72. The molecule has 2 aliphatic rings. The lowest BCUT2D eigenvalue weighted by Gasteiger charge is -2.44. The van der Waals surface area contributed by atoms with E-state index in [4.69, 9.17) is 0 Å². The van der Waals surface area contributed by atoms with Crippen LogP contribution in [0, 0.1) is 0 Å². The van der Waals surface area contributed by atoms with Crippen molar-refractivity contribution < 1.29 is 22.7 Å². The SMILES string of the molecule is O=C1N(c2ccc(OC(F)(F)F)cc2)NC[C@@H]2CNCCN12. The smallest absolute Gasteiger partial charge is 0.406 e. The second-order valence-electron chi connectivity index (χ2n) is 5.07. The number of carbonyl (C=O) groups excluding carboxylic acids is 1. The molecule has 0 aromatic heterocycles. The van der Waals surface area contributed by atoms with Crippen LogP contribution in [0.4, 0.5) is 23.7 Å². The molecule has 2 saturated heterocycles. The maximum atomic E-state index is 12.4. The lowest BCUT2D eigenvalue weighted by Crippen LogP contribution is -2.68. The summed E-state index contributed by atoms with van der Waals surface area (Å²) in [6.45, 7) is 2.65. The van der Waals surface area contributed by atoms with E-state index in [9.17, 15) is 18.0 Å². The van der Waals surface area contributed by atoms with Crippen LogP contribution >= 0.6 is 0 Å². The normalized spacial score (nSPS) is 22.5. The van der Waals surface area contributed by atoms with Crippen molar-refractivity contribution in [2.24, 2.45) is 0 Å². The first kappa shape index (κ1) is 14.9. The molecular formula is C13H15F3N4O2. The largest absolute Gasteiger partial charge is 0.573 e. The highest BCUT2D eigenvalue weighted by molar-refractivity contribution is 5.92. The zero-order valence-corrected chi connectivity index (χ0v) is 11.6. The third kappa shape index (κ3) is 3.09. The van der Waals surface area contributed by atoms with E-state index in [1.54, 1.807) is 4.90 Å². The Labute approximate surface area is 124 Å². The fourth-order valence-corrected chi connectivity index (χ4v) is 2.59. The molecule has 1 atom stereocenters. The van der Waals surface area contributed by atoms with Crippen molar-refractivity contribution in [1.82, 2.24) is 15.6 Å². The minimum atomic E-state index is -4.73. The summed E-state index contributed by atoms with van der Waals surface area (Å²) in [5.41, 5.74) is 3.46. The fraction of sp³-hybridized carbons (Fsp3) is 0.462. The van der Waals surface area contributed by atoms with Crippen LogP contribution in [0.3, 0.4) is 0 Å². The zero-order valence-electron chi connectivity index (χ0n) is 11.6. The molecule has 6 nitrogen and oxygen atoms in total. The number of hydrazine groups is 1. The molecule has 3 rings (SSSR count). The number of amides is 2. The first-order chi connectivity index (χ1) is 10.4. The van der Waals surface area contributed by atoms with Crippen LogP contribution in [0.5, 0.6) is 5.75 Å². The van der Waals surface area contributed by atoms with E-state index in [1.165, 1.54) is 29.3 Å². The van der Waals surface area contributed by atoms with Crippen molar-refractivity contribution in [3.05, 3.63) is 24.3 Å². The van der Waals surface area contributed by atoms with Gasteiger partial charge in [-0.3, -0.25) is 0 Å². The van der Waals surface area contributed by atoms with Crippen molar-refractivity contribution in [3.63, 3.8) is 0 Å². The second-order valence-corrected chi connectivity index (χ2v) is 5.07. The third-order valence-electron chi connectivity index (χ3n) is 3.60. The van der Waals surface area contributed by atoms with Gasteiger partial charge in [-0.25, -0.2) is 15.2 Å². The average molecular weight is 316 g/mol. The number of hydrogen-bond donors (Lipinski definition) is 2. The summed E-state index contributed by atoms with van der Waals surface area (Å²) in [5.74, 6) is -0.319. The Kier molecular flexibility index (Phi) is 3.83. The summed E-state index contributed by atoms with van der Waals surface area (Å²) >= 11 is 0. The van der Waals surface area contributed by atoms with Gasteiger partial charge in [0, 0.05) is 26.2 Å². The van der Waals surface area contributed by atoms with Crippen molar-refractivity contribution >= 4 is 11.7 Å². The minimum absolute atomic E-state index is 0.0883. The molecule has 0 unspecified atom stereocenters. The van der Waals surface area contributed by atoms with E-state index in [1.807, 2.05) is 0 Å². The maximum Gasteiger partial charge on any atom is 0.573 e. The lowest BCUT2D eigenvalue weighted by molar-refractivity contribution is -0.274. The number of nitrogens with zero attached hydrogens (tertiary/aromatic N) is 2. The van der Waals surface area contributed by atoms with E-state index in [0.29, 0.717) is 18.8 Å². The van der Waals surface area contributed by atoms with Gasteiger partial charge >= 0.3 is 12.4 Å². The molecule has 0 spiro atoms. The van der Waals surface area contributed by atoms with Gasteiger partial charge in [0.1, 0.15) is 5.75 Å². The second kappa shape index (κ2) is 5.65. The highest BCUT2D eigenvalue weighted by Gasteiger charge is 2.35. The van der Waals surface area contributed by atoms with E-state index in [-0.39, 0.29) is 17.8 Å². The van der Waals surface area contributed by atoms with Crippen LogP contribution < -0.4 is 20.5 Å². The van der Waals surface area contributed by atoms with Gasteiger partial charge in [0.15, 0.2) is 0 Å². The van der Waals surface area contributed by atoms with Crippen molar-refractivity contribution in [1.29, 1.82) is 0 Å². The number of benzene rings is 1. The quantitative estimate of drug-likeness (QED) is 0.864. The number of hydrogen-bond acceptors (Lipinski definition) is 4. The van der Waals surface area contributed by atoms with Crippen LogP contribution in [0.1, 0.15) is 0 Å². The Hall–Kier alpha value is -2.00. The Bertz CT molecular complexity index is 549. The van der Waals surface area contributed by atoms with E-state index < -0.39 is 6.36 Å². The molecule has 0 bridgehead atoms. The van der Waals surface area contributed by atoms with Crippen LogP contribution in [-0.2, 0) is 0 Å². The van der Waals surface area contributed by atoms with Crippen molar-refractivity contribution in [2.75, 3.05) is 31.2 Å². The number of urea groups is 1. The summed E-state index contributed by atoms with van der Waals surface area (Å²) in [7, 11) is 0. The zero-order chi connectivity index (χ0) is 15.7. The molecule has 2 fully saturated rings. The van der Waals surface area contributed by atoms with Crippen molar-refractivity contribution in [2.45, 2.75) is 12.4 Å². The molecule has 0 radical (unpaired) electrons. The van der Waals surface area contributed by atoms with Gasteiger partial charge in [-0.05, 0) is 24.3 Å². The first-order valence-electron chi connectivity index (χ1n) is 6.85. The monoisotopic (exact) mass is 316 g/mol. The highest BCUT2D eigenvalue weighted by Crippen LogP contribution is 2.26.